The highest BCUT2D eigenvalue weighted by Gasteiger charge is 2.15. The molecule has 3 heteroatoms. The van der Waals surface area contributed by atoms with Crippen LogP contribution in [0.3, 0.4) is 0 Å². The second-order valence-corrected chi connectivity index (χ2v) is 4.84. The first-order valence-electron chi connectivity index (χ1n) is 7.22. The molecular weight excluding hydrogens is 234 g/mol. The van der Waals surface area contributed by atoms with Gasteiger partial charge in [-0.25, -0.2) is 0 Å². The zero-order valence-electron chi connectivity index (χ0n) is 12.4. The zero-order valence-corrected chi connectivity index (χ0v) is 12.4. The summed E-state index contributed by atoms with van der Waals surface area (Å²) in [6, 6.07) is 2.51. The fourth-order valence-corrected chi connectivity index (χ4v) is 2.21. The number of aromatic nitrogens is 2. The van der Waals surface area contributed by atoms with Gasteiger partial charge in [0.2, 0.25) is 0 Å². The van der Waals surface area contributed by atoms with Crippen molar-refractivity contribution in [2.45, 2.75) is 58.9 Å². The van der Waals surface area contributed by atoms with Gasteiger partial charge in [-0.3, -0.25) is 0 Å². The third-order valence-corrected chi connectivity index (χ3v) is 3.19. The molecule has 1 aromatic heterocycles. The minimum absolute atomic E-state index is 0.345. The first-order chi connectivity index (χ1) is 9.22. The summed E-state index contributed by atoms with van der Waals surface area (Å²) in [4.78, 5) is 0. The molecule has 19 heavy (non-hydrogen) atoms. The minimum Gasteiger partial charge on any atom is -0.310 e. The van der Waals surface area contributed by atoms with Gasteiger partial charge >= 0.3 is 0 Å². The monoisotopic (exact) mass is 259 g/mol. The summed E-state index contributed by atoms with van der Waals surface area (Å²) in [6.07, 6.45) is 10.3. The van der Waals surface area contributed by atoms with Gasteiger partial charge in [0.05, 0.1) is 11.4 Å². The third kappa shape index (κ3) is 5.00. The molecule has 0 amide bonds. The molecule has 0 aliphatic heterocycles. The summed E-state index contributed by atoms with van der Waals surface area (Å²) < 4.78 is 0. The molecule has 0 aliphatic carbocycles. The Bertz CT molecular complexity index is 420. The van der Waals surface area contributed by atoms with Gasteiger partial charge in [-0.1, -0.05) is 13.8 Å². The third-order valence-electron chi connectivity index (χ3n) is 3.19. The Labute approximate surface area is 117 Å². The standard InChI is InChI=1S/C16H25N3/c1-5-8-9-10-16(17-11-6-2)14-12-13(4)18-19-15(14)7-3/h1,12,16-17H,6-11H2,2-4H3. The van der Waals surface area contributed by atoms with Crippen molar-refractivity contribution >= 4 is 0 Å². The van der Waals surface area contributed by atoms with Crippen LogP contribution < -0.4 is 5.32 Å². The van der Waals surface area contributed by atoms with Crippen molar-refractivity contribution < 1.29 is 0 Å². The Hall–Kier alpha value is -1.40. The smallest absolute Gasteiger partial charge is 0.0676 e. The summed E-state index contributed by atoms with van der Waals surface area (Å²) in [5.41, 5.74) is 3.37. The largest absolute Gasteiger partial charge is 0.310 e. The maximum absolute atomic E-state index is 5.34. The van der Waals surface area contributed by atoms with Crippen LogP contribution >= 0.6 is 0 Å². The number of nitrogens with one attached hydrogen (secondary N) is 1. The summed E-state index contributed by atoms with van der Waals surface area (Å²) >= 11 is 0. The van der Waals surface area contributed by atoms with E-state index in [0.29, 0.717) is 6.04 Å². The number of unbranched alkanes of at least 4 members (excludes halogenated alkanes) is 1. The molecule has 0 spiro atoms. The van der Waals surface area contributed by atoms with Crippen molar-refractivity contribution in [3.63, 3.8) is 0 Å². The van der Waals surface area contributed by atoms with Crippen LogP contribution in [0.4, 0.5) is 0 Å². The summed E-state index contributed by atoms with van der Waals surface area (Å²) in [5, 5.41) is 12.1. The SMILES string of the molecule is C#CCCCC(NCCC)c1cc(C)nnc1CC. The van der Waals surface area contributed by atoms with E-state index in [-0.39, 0.29) is 0 Å². The van der Waals surface area contributed by atoms with E-state index in [1.165, 1.54) is 5.56 Å². The van der Waals surface area contributed by atoms with Crippen molar-refractivity contribution in [2.75, 3.05) is 6.54 Å². The molecule has 0 saturated heterocycles. The zero-order chi connectivity index (χ0) is 14.1. The van der Waals surface area contributed by atoms with Gasteiger partial charge < -0.3 is 5.32 Å². The molecule has 104 valence electrons. The lowest BCUT2D eigenvalue weighted by Crippen LogP contribution is -2.24. The predicted molar refractivity (Wildman–Crippen MR) is 79.9 cm³/mol. The van der Waals surface area contributed by atoms with Gasteiger partial charge in [-0.2, -0.15) is 10.2 Å². The maximum Gasteiger partial charge on any atom is 0.0676 e. The molecule has 1 N–H and O–H groups in total. The number of rotatable bonds is 8. The van der Waals surface area contributed by atoms with Crippen LogP contribution in [0.2, 0.25) is 0 Å². The topological polar surface area (TPSA) is 37.8 Å². The summed E-state index contributed by atoms with van der Waals surface area (Å²) in [5.74, 6) is 2.71. The normalized spacial score (nSPS) is 12.1. The minimum atomic E-state index is 0.345. The van der Waals surface area contributed by atoms with Crippen LogP contribution in [0.15, 0.2) is 6.07 Å². The van der Waals surface area contributed by atoms with E-state index in [1.807, 2.05) is 6.92 Å². The number of hydrogen-bond acceptors (Lipinski definition) is 3. The first kappa shape index (κ1) is 15.7. The van der Waals surface area contributed by atoms with E-state index in [1.54, 1.807) is 0 Å². The van der Waals surface area contributed by atoms with E-state index in [2.05, 4.69) is 41.3 Å². The highest BCUT2D eigenvalue weighted by atomic mass is 15.1. The molecule has 0 bridgehead atoms. The quantitative estimate of drug-likeness (QED) is 0.575. The van der Waals surface area contributed by atoms with Crippen molar-refractivity contribution in [1.82, 2.24) is 15.5 Å². The van der Waals surface area contributed by atoms with Crippen LogP contribution in [0.5, 0.6) is 0 Å². The van der Waals surface area contributed by atoms with Gasteiger partial charge in [-0.15, -0.1) is 12.3 Å². The van der Waals surface area contributed by atoms with Gasteiger partial charge in [0.1, 0.15) is 0 Å². The van der Waals surface area contributed by atoms with Gasteiger partial charge in [-0.05, 0) is 50.8 Å². The van der Waals surface area contributed by atoms with Gasteiger partial charge in [0, 0.05) is 12.5 Å². The number of hydrogen-bond donors (Lipinski definition) is 1. The van der Waals surface area contributed by atoms with Crippen LogP contribution in [-0.4, -0.2) is 16.7 Å². The summed E-state index contributed by atoms with van der Waals surface area (Å²) in [7, 11) is 0. The van der Waals surface area contributed by atoms with E-state index in [4.69, 9.17) is 6.42 Å². The molecule has 0 aliphatic rings. The highest BCUT2D eigenvalue weighted by Crippen LogP contribution is 2.22. The van der Waals surface area contributed by atoms with Crippen molar-refractivity contribution in [3.05, 3.63) is 23.0 Å². The van der Waals surface area contributed by atoms with Crippen LogP contribution in [-0.2, 0) is 6.42 Å². The molecule has 1 aromatic rings. The molecule has 0 saturated carbocycles. The predicted octanol–water partition coefficient (Wildman–Crippen LogP) is 3.19. The molecular formula is C16H25N3. The Morgan fingerprint density at radius 1 is 1.37 bits per heavy atom. The van der Waals surface area contributed by atoms with Gasteiger partial charge in [0.15, 0.2) is 0 Å². The second kappa shape index (κ2) is 8.66. The number of terminal acetylenes is 1. The molecule has 1 rings (SSSR count). The van der Waals surface area contributed by atoms with E-state index < -0.39 is 0 Å². The van der Waals surface area contributed by atoms with E-state index >= 15 is 0 Å². The van der Waals surface area contributed by atoms with Crippen LogP contribution in [0.1, 0.15) is 62.5 Å². The molecule has 0 radical (unpaired) electrons. The highest BCUT2D eigenvalue weighted by molar-refractivity contribution is 5.24. The molecule has 0 fully saturated rings. The Morgan fingerprint density at radius 3 is 2.79 bits per heavy atom. The second-order valence-electron chi connectivity index (χ2n) is 4.84. The average Bonchev–Trinajstić information content (AvgIpc) is 2.42. The fourth-order valence-electron chi connectivity index (χ4n) is 2.21. The Kier molecular flexibility index (Phi) is 7.14. The fraction of sp³-hybridized carbons (Fsp3) is 0.625. The average molecular weight is 259 g/mol. The first-order valence-corrected chi connectivity index (χ1v) is 7.22. The van der Waals surface area contributed by atoms with Crippen molar-refractivity contribution in [3.8, 4) is 12.3 Å². The molecule has 1 heterocycles. The number of aryl methyl sites for hydroxylation is 2. The van der Waals surface area contributed by atoms with Crippen molar-refractivity contribution in [1.29, 1.82) is 0 Å². The van der Waals surface area contributed by atoms with Crippen molar-refractivity contribution in [2.24, 2.45) is 0 Å². The molecule has 1 unspecified atom stereocenters. The molecule has 1 atom stereocenters. The number of nitrogens with zero attached hydrogens (tertiary/aromatic N) is 2. The lowest BCUT2D eigenvalue weighted by Gasteiger charge is -2.21. The molecule has 0 aromatic carbocycles. The maximum atomic E-state index is 5.34. The Balaban J connectivity index is 2.88. The summed E-state index contributed by atoms with van der Waals surface area (Å²) in [6.45, 7) is 7.32. The van der Waals surface area contributed by atoms with Crippen LogP contribution in [0, 0.1) is 19.3 Å². The lowest BCUT2D eigenvalue weighted by molar-refractivity contribution is 0.481. The molecule has 3 nitrogen and oxygen atoms in total. The lowest BCUT2D eigenvalue weighted by atomic mass is 9.98. The van der Waals surface area contributed by atoms with Gasteiger partial charge in [0.25, 0.3) is 0 Å². The van der Waals surface area contributed by atoms with Crippen LogP contribution in [0.25, 0.3) is 0 Å². The van der Waals surface area contributed by atoms with E-state index in [0.717, 1.165) is 50.0 Å². The van der Waals surface area contributed by atoms with E-state index in [9.17, 15) is 0 Å². The Morgan fingerprint density at radius 2 is 2.16 bits per heavy atom.